The van der Waals surface area contributed by atoms with Gasteiger partial charge in [0.2, 0.25) is 0 Å². The van der Waals surface area contributed by atoms with Gasteiger partial charge < -0.3 is 9.64 Å². The zero-order valence-corrected chi connectivity index (χ0v) is 16.4. The summed E-state index contributed by atoms with van der Waals surface area (Å²) in [6.07, 6.45) is 7.18. The first-order chi connectivity index (χ1) is 13.3. The lowest BCUT2D eigenvalue weighted by Crippen LogP contribution is -2.27. The molecule has 0 amide bonds. The highest BCUT2D eigenvalue weighted by molar-refractivity contribution is 7.99. The number of rotatable bonds is 0. The molecule has 0 saturated carbocycles. The maximum absolute atomic E-state index is 6.49. The van der Waals surface area contributed by atoms with Gasteiger partial charge in [0.05, 0.1) is 4.90 Å². The van der Waals surface area contributed by atoms with Gasteiger partial charge in [0.25, 0.3) is 0 Å². The maximum atomic E-state index is 6.49. The molecule has 27 heavy (non-hydrogen) atoms. The minimum absolute atomic E-state index is 0.344. The molecule has 4 aliphatic rings. The zero-order chi connectivity index (χ0) is 18.0. The highest BCUT2D eigenvalue weighted by Crippen LogP contribution is 2.55. The van der Waals surface area contributed by atoms with Gasteiger partial charge in [0.15, 0.2) is 0 Å². The number of hydrogen-bond donors (Lipinski definition) is 0. The van der Waals surface area contributed by atoms with Crippen LogP contribution >= 0.6 is 11.8 Å². The van der Waals surface area contributed by atoms with Gasteiger partial charge in [-0.15, -0.1) is 0 Å². The highest BCUT2D eigenvalue weighted by atomic mass is 32.2. The number of hydrogen-bond acceptors (Lipinski definition) is 3. The summed E-state index contributed by atoms with van der Waals surface area (Å²) in [7, 11) is 2.23. The van der Waals surface area contributed by atoms with Gasteiger partial charge in [-0.2, -0.15) is 0 Å². The fourth-order valence-electron chi connectivity index (χ4n) is 4.93. The van der Waals surface area contributed by atoms with Crippen LogP contribution in [0.4, 0.5) is 0 Å². The molecule has 2 bridgehead atoms. The molecule has 3 heterocycles. The largest absolute Gasteiger partial charge is 0.488 e. The van der Waals surface area contributed by atoms with Gasteiger partial charge in [0.1, 0.15) is 11.9 Å². The van der Waals surface area contributed by atoms with Crippen LogP contribution < -0.4 is 4.74 Å². The van der Waals surface area contributed by atoms with Crippen molar-refractivity contribution in [2.24, 2.45) is 0 Å². The Kier molecular flexibility index (Phi) is 3.57. The number of ether oxygens (including phenoxy) is 1. The van der Waals surface area contributed by atoms with Gasteiger partial charge >= 0.3 is 0 Å². The van der Waals surface area contributed by atoms with E-state index in [-0.39, 0.29) is 0 Å². The summed E-state index contributed by atoms with van der Waals surface area (Å²) in [6.45, 7) is 2.31. The summed E-state index contributed by atoms with van der Waals surface area (Å²) in [5.41, 5.74) is 8.69. The molecule has 1 fully saturated rings. The van der Waals surface area contributed by atoms with Crippen molar-refractivity contribution in [3.63, 3.8) is 0 Å². The lowest BCUT2D eigenvalue weighted by atomic mass is 9.86. The maximum Gasteiger partial charge on any atom is 0.141 e. The summed E-state index contributed by atoms with van der Waals surface area (Å²) in [4.78, 5) is 5.15. The Balaban J connectivity index is 1.58. The van der Waals surface area contributed by atoms with Gasteiger partial charge in [-0.3, -0.25) is 0 Å². The molecular formula is C24H23NOS. The van der Waals surface area contributed by atoms with Crippen molar-refractivity contribution in [2.75, 3.05) is 20.1 Å². The molecule has 2 aromatic rings. The highest BCUT2D eigenvalue weighted by Gasteiger charge is 2.34. The fourth-order valence-corrected chi connectivity index (χ4v) is 6.11. The van der Waals surface area contributed by atoms with Gasteiger partial charge in [-0.1, -0.05) is 53.7 Å². The molecule has 2 aromatic carbocycles. The van der Waals surface area contributed by atoms with E-state index >= 15 is 0 Å². The predicted molar refractivity (Wildman–Crippen MR) is 111 cm³/mol. The number of benzene rings is 2. The molecule has 1 saturated heterocycles. The molecule has 0 radical (unpaired) electrons. The van der Waals surface area contributed by atoms with E-state index in [1.54, 1.807) is 5.57 Å². The van der Waals surface area contributed by atoms with E-state index in [1.807, 2.05) is 11.8 Å². The quantitative estimate of drug-likeness (QED) is 0.508. The molecule has 0 N–H and O–H groups in total. The number of piperidine rings is 1. The van der Waals surface area contributed by atoms with E-state index in [1.165, 1.54) is 37.6 Å². The van der Waals surface area contributed by atoms with Crippen LogP contribution in [0.25, 0.3) is 11.1 Å². The molecule has 0 spiro atoms. The fraction of sp³-hybridized carbons (Fsp3) is 0.333. The van der Waals surface area contributed by atoms with Crippen LogP contribution in [-0.4, -0.2) is 31.1 Å². The third-order valence-corrected chi connectivity index (χ3v) is 7.58. The minimum atomic E-state index is 0.344. The smallest absolute Gasteiger partial charge is 0.141 e. The standard InChI is InChI=1S/C24H23NOS/c1-25-12-10-15(11-13-25)22-19-4-2-3-5-21(19)27-24-20(22)9-8-18-16-6-7-17(14-16)26-23(18)24/h2-6,8-9,17H,7,10-14H2,1H3. The molecule has 136 valence electrons. The van der Waals surface area contributed by atoms with E-state index in [4.69, 9.17) is 4.74 Å². The first-order valence-electron chi connectivity index (χ1n) is 9.99. The van der Waals surface area contributed by atoms with Crippen LogP contribution in [0.2, 0.25) is 0 Å². The van der Waals surface area contributed by atoms with E-state index in [9.17, 15) is 0 Å². The minimum Gasteiger partial charge on any atom is -0.488 e. The van der Waals surface area contributed by atoms with Crippen LogP contribution in [0.3, 0.4) is 0 Å². The lowest BCUT2D eigenvalue weighted by Gasteiger charge is -2.32. The van der Waals surface area contributed by atoms with Crippen molar-refractivity contribution in [3.05, 3.63) is 64.7 Å². The molecule has 0 aromatic heterocycles. The second-order valence-electron chi connectivity index (χ2n) is 8.11. The van der Waals surface area contributed by atoms with Crippen molar-refractivity contribution in [3.8, 4) is 5.75 Å². The molecule has 3 aliphatic heterocycles. The van der Waals surface area contributed by atoms with Crippen molar-refractivity contribution in [1.82, 2.24) is 4.90 Å². The number of nitrogens with zero attached hydrogens (tertiary/aromatic N) is 1. The normalized spacial score (nSPS) is 23.3. The third-order valence-electron chi connectivity index (χ3n) is 6.40. The van der Waals surface area contributed by atoms with Crippen LogP contribution in [0.15, 0.2) is 57.8 Å². The Labute approximate surface area is 164 Å². The SMILES string of the molecule is CN1CCC(=C2c3ccccc3Sc3c2ccc2c3OC3CC=C2C3)CC1. The molecule has 1 atom stereocenters. The van der Waals surface area contributed by atoms with E-state index in [0.717, 1.165) is 44.5 Å². The number of likely N-dealkylation sites (tertiary alicyclic amines) is 1. The van der Waals surface area contributed by atoms with Gasteiger partial charge in [-0.25, -0.2) is 0 Å². The summed E-state index contributed by atoms with van der Waals surface area (Å²) >= 11 is 1.90. The summed E-state index contributed by atoms with van der Waals surface area (Å²) in [6, 6.07) is 13.6. The van der Waals surface area contributed by atoms with Crippen molar-refractivity contribution >= 4 is 22.9 Å². The van der Waals surface area contributed by atoms with Crippen molar-refractivity contribution in [2.45, 2.75) is 41.6 Å². The van der Waals surface area contributed by atoms with Crippen molar-refractivity contribution in [1.29, 1.82) is 0 Å². The van der Waals surface area contributed by atoms with Crippen LogP contribution in [0.5, 0.6) is 5.75 Å². The number of fused-ring (bicyclic) bond motifs is 7. The van der Waals surface area contributed by atoms with Crippen molar-refractivity contribution < 1.29 is 4.74 Å². The first kappa shape index (κ1) is 16.0. The van der Waals surface area contributed by atoms with E-state index in [2.05, 4.69) is 54.4 Å². The van der Waals surface area contributed by atoms with E-state index < -0.39 is 0 Å². The molecule has 6 rings (SSSR count). The van der Waals surface area contributed by atoms with Crippen LogP contribution in [-0.2, 0) is 0 Å². The average Bonchev–Trinajstić information content (AvgIpc) is 3.09. The predicted octanol–water partition coefficient (Wildman–Crippen LogP) is 5.62. The topological polar surface area (TPSA) is 12.5 Å². The second-order valence-corrected chi connectivity index (χ2v) is 9.16. The average molecular weight is 374 g/mol. The van der Waals surface area contributed by atoms with Crippen LogP contribution in [0.1, 0.15) is 42.4 Å². The summed E-state index contributed by atoms with van der Waals surface area (Å²) in [5, 5.41) is 0. The Morgan fingerprint density at radius 2 is 1.81 bits per heavy atom. The monoisotopic (exact) mass is 373 g/mol. The second kappa shape index (κ2) is 6.02. The van der Waals surface area contributed by atoms with Gasteiger partial charge in [0, 0.05) is 36.4 Å². The first-order valence-corrected chi connectivity index (χ1v) is 10.8. The summed E-state index contributed by atoms with van der Waals surface area (Å²) < 4.78 is 6.49. The Hall–Kier alpha value is -1.97. The third kappa shape index (κ3) is 2.45. The Bertz CT molecular complexity index is 1010. The molecule has 1 aliphatic carbocycles. The Morgan fingerprint density at radius 3 is 2.70 bits per heavy atom. The van der Waals surface area contributed by atoms with Crippen LogP contribution in [0, 0.1) is 0 Å². The summed E-state index contributed by atoms with van der Waals surface area (Å²) in [5.74, 6) is 1.14. The Morgan fingerprint density at radius 1 is 1.00 bits per heavy atom. The molecule has 3 heteroatoms. The molecule has 1 unspecified atom stereocenters. The molecule has 2 nitrogen and oxygen atoms in total. The molecular weight excluding hydrogens is 350 g/mol. The lowest BCUT2D eigenvalue weighted by molar-refractivity contribution is 0.205. The zero-order valence-electron chi connectivity index (χ0n) is 15.6. The van der Waals surface area contributed by atoms with Gasteiger partial charge in [-0.05, 0) is 48.2 Å². The van der Waals surface area contributed by atoms with E-state index in [0.29, 0.717) is 6.10 Å².